The van der Waals surface area contributed by atoms with Crippen molar-refractivity contribution in [1.29, 1.82) is 0 Å². The molecular weight excluding hydrogens is 320 g/mol. The Morgan fingerprint density at radius 1 is 1.20 bits per heavy atom. The van der Waals surface area contributed by atoms with Gasteiger partial charge in [0.1, 0.15) is 0 Å². The zero-order chi connectivity index (χ0) is 18.2. The molecule has 0 saturated heterocycles. The number of carboxylic acids is 1. The van der Waals surface area contributed by atoms with E-state index < -0.39 is 17.8 Å². The van der Waals surface area contributed by atoms with Crippen LogP contribution in [-0.2, 0) is 11.2 Å². The summed E-state index contributed by atoms with van der Waals surface area (Å²) in [5, 5.41) is 16.0. The van der Waals surface area contributed by atoms with Crippen LogP contribution in [-0.4, -0.2) is 28.7 Å². The highest BCUT2D eigenvalue weighted by molar-refractivity contribution is 5.91. The van der Waals surface area contributed by atoms with E-state index in [9.17, 15) is 14.7 Å². The number of rotatable bonds is 9. The fraction of sp³-hybridized carbons (Fsp3) is 0.421. The number of carbonyl (C=O) groups is 2. The molecule has 0 saturated carbocycles. The SMILES string of the molecule is CCC(CC)c1cc(C(=O)NCC(Cc2ccccc2)C(=O)O)on1. The van der Waals surface area contributed by atoms with Gasteiger partial charge in [0.2, 0.25) is 5.76 Å². The van der Waals surface area contributed by atoms with Gasteiger partial charge in [-0.25, -0.2) is 0 Å². The molecule has 25 heavy (non-hydrogen) atoms. The van der Waals surface area contributed by atoms with Crippen LogP contribution in [0.25, 0.3) is 0 Å². The number of aromatic nitrogens is 1. The monoisotopic (exact) mass is 344 g/mol. The van der Waals surface area contributed by atoms with E-state index in [0.717, 1.165) is 24.1 Å². The molecule has 1 heterocycles. The van der Waals surface area contributed by atoms with Crippen molar-refractivity contribution >= 4 is 11.9 Å². The molecule has 0 aliphatic heterocycles. The van der Waals surface area contributed by atoms with Gasteiger partial charge in [0.25, 0.3) is 5.91 Å². The maximum Gasteiger partial charge on any atom is 0.308 e. The number of benzene rings is 1. The summed E-state index contributed by atoms with van der Waals surface area (Å²) in [5.41, 5.74) is 1.68. The molecule has 2 rings (SSSR count). The summed E-state index contributed by atoms with van der Waals surface area (Å²) in [4.78, 5) is 23.6. The van der Waals surface area contributed by atoms with Crippen LogP contribution in [0.15, 0.2) is 40.9 Å². The molecule has 2 aromatic rings. The third kappa shape index (κ3) is 5.17. The minimum Gasteiger partial charge on any atom is -0.481 e. The van der Waals surface area contributed by atoms with Crippen molar-refractivity contribution in [2.45, 2.75) is 39.0 Å². The van der Waals surface area contributed by atoms with Crippen molar-refractivity contribution in [1.82, 2.24) is 10.5 Å². The van der Waals surface area contributed by atoms with Crippen LogP contribution in [0.3, 0.4) is 0 Å². The van der Waals surface area contributed by atoms with Gasteiger partial charge in [0, 0.05) is 18.5 Å². The molecular formula is C19H24N2O4. The molecule has 6 nitrogen and oxygen atoms in total. The second-order valence-electron chi connectivity index (χ2n) is 6.06. The standard InChI is InChI=1S/C19H24N2O4/c1-3-14(4-2)16-11-17(25-21-16)18(22)20-12-15(19(23)24)10-13-8-6-5-7-9-13/h5-9,11,14-15H,3-4,10,12H2,1-2H3,(H,20,22)(H,23,24). The largest absolute Gasteiger partial charge is 0.481 e. The average Bonchev–Trinajstić information content (AvgIpc) is 3.10. The predicted octanol–water partition coefficient (Wildman–Crippen LogP) is 3.25. The Morgan fingerprint density at radius 3 is 2.48 bits per heavy atom. The third-order valence-electron chi connectivity index (χ3n) is 4.34. The summed E-state index contributed by atoms with van der Waals surface area (Å²) in [6.45, 7) is 4.15. The number of nitrogens with zero attached hydrogens (tertiary/aromatic N) is 1. The fourth-order valence-corrected chi connectivity index (χ4v) is 2.74. The summed E-state index contributed by atoms with van der Waals surface area (Å²) in [7, 11) is 0. The summed E-state index contributed by atoms with van der Waals surface area (Å²) in [6, 6.07) is 11.0. The first-order valence-corrected chi connectivity index (χ1v) is 8.56. The lowest BCUT2D eigenvalue weighted by atomic mass is 9.99. The van der Waals surface area contributed by atoms with Gasteiger partial charge in [-0.15, -0.1) is 0 Å². The van der Waals surface area contributed by atoms with E-state index in [1.807, 2.05) is 30.3 Å². The number of nitrogens with one attached hydrogen (secondary N) is 1. The van der Waals surface area contributed by atoms with Crippen LogP contribution in [0, 0.1) is 5.92 Å². The molecule has 0 radical (unpaired) electrons. The van der Waals surface area contributed by atoms with Crippen molar-refractivity contribution < 1.29 is 19.2 Å². The molecule has 1 atom stereocenters. The molecule has 0 fully saturated rings. The molecule has 0 aliphatic carbocycles. The van der Waals surface area contributed by atoms with Crippen molar-refractivity contribution in [3.8, 4) is 0 Å². The minimum atomic E-state index is -0.945. The molecule has 0 bridgehead atoms. The van der Waals surface area contributed by atoms with Crippen molar-refractivity contribution in [2.75, 3.05) is 6.54 Å². The molecule has 0 aliphatic rings. The molecule has 1 unspecified atom stereocenters. The minimum absolute atomic E-state index is 0.0318. The summed E-state index contributed by atoms with van der Waals surface area (Å²) in [5.74, 6) is -1.71. The maximum atomic E-state index is 12.2. The fourth-order valence-electron chi connectivity index (χ4n) is 2.74. The summed E-state index contributed by atoms with van der Waals surface area (Å²) in [6.07, 6.45) is 2.19. The zero-order valence-electron chi connectivity index (χ0n) is 14.6. The van der Waals surface area contributed by atoms with Gasteiger partial charge >= 0.3 is 5.97 Å². The van der Waals surface area contributed by atoms with E-state index >= 15 is 0 Å². The maximum absolute atomic E-state index is 12.2. The first-order valence-electron chi connectivity index (χ1n) is 8.56. The van der Waals surface area contributed by atoms with Gasteiger partial charge in [-0.05, 0) is 24.8 Å². The number of carboxylic acid groups (broad SMARTS) is 1. The molecule has 6 heteroatoms. The number of hydrogen-bond donors (Lipinski definition) is 2. The van der Waals surface area contributed by atoms with Gasteiger partial charge in [-0.1, -0.05) is 49.3 Å². The Balaban J connectivity index is 1.96. The highest BCUT2D eigenvalue weighted by atomic mass is 16.5. The Morgan fingerprint density at radius 2 is 1.88 bits per heavy atom. The number of aliphatic carboxylic acids is 1. The highest BCUT2D eigenvalue weighted by Crippen LogP contribution is 2.22. The Bertz CT molecular complexity index is 692. The second kappa shape index (κ2) is 9.01. The summed E-state index contributed by atoms with van der Waals surface area (Å²) >= 11 is 0. The first kappa shape index (κ1) is 18.7. The molecule has 1 aromatic carbocycles. The van der Waals surface area contributed by atoms with E-state index in [-0.39, 0.29) is 18.2 Å². The topological polar surface area (TPSA) is 92.4 Å². The van der Waals surface area contributed by atoms with Crippen LogP contribution in [0.1, 0.15) is 54.4 Å². The normalized spacial score (nSPS) is 12.1. The van der Waals surface area contributed by atoms with Gasteiger partial charge in [-0.3, -0.25) is 9.59 Å². The van der Waals surface area contributed by atoms with Crippen LogP contribution >= 0.6 is 0 Å². The molecule has 2 N–H and O–H groups in total. The van der Waals surface area contributed by atoms with Crippen LogP contribution in [0.2, 0.25) is 0 Å². The molecule has 0 spiro atoms. The van der Waals surface area contributed by atoms with E-state index in [0.29, 0.717) is 6.42 Å². The van der Waals surface area contributed by atoms with E-state index in [1.165, 1.54) is 0 Å². The van der Waals surface area contributed by atoms with Gasteiger partial charge in [-0.2, -0.15) is 0 Å². The predicted molar refractivity (Wildman–Crippen MR) is 93.4 cm³/mol. The highest BCUT2D eigenvalue weighted by Gasteiger charge is 2.22. The molecule has 1 amide bonds. The van der Waals surface area contributed by atoms with Gasteiger partial charge < -0.3 is 14.9 Å². The van der Waals surface area contributed by atoms with Crippen molar-refractivity contribution in [2.24, 2.45) is 5.92 Å². The Kier molecular flexibility index (Phi) is 6.74. The average molecular weight is 344 g/mol. The van der Waals surface area contributed by atoms with Crippen LogP contribution < -0.4 is 5.32 Å². The van der Waals surface area contributed by atoms with E-state index in [4.69, 9.17) is 4.52 Å². The summed E-state index contributed by atoms with van der Waals surface area (Å²) < 4.78 is 5.11. The van der Waals surface area contributed by atoms with Crippen molar-refractivity contribution in [3.63, 3.8) is 0 Å². The number of hydrogen-bond acceptors (Lipinski definition) is 4. The molecule has 134 valence electrons. The first-order chi connectivity index (χ1) is 12.0. The van der Waals surface area contributed by atoms with E-state index in [2.05, 4.69) is 24.3 Å². The lowest BCUT2D eigenvalue weighted by Gasteiger charge is -2.12. The number of carbonyl (C=O) groups excluding carboxylic acids is 1. The number of amides is 1. The second-order valence-corrected chi connectivity index (χ2v) is 6.06. The lowest BCUT2D eigenvalue weighted by Crippen LogP contribution is -2.34. The zero-order valence-corrected chi connectivity index (χ0v) is 14.6. The molecule has 1 aromatic heterocycles. The Hall–Kier alpha value is -2.63. The van der Waals surface area contributed by atoms with Gasteiger partial charge in [0.15, 0.2) is 0 Å². The smallest absolute Gasteiger partial charge is 0.308 e. The third-order valence-corrected chi connectivity index (χ3v) is 4.34. The van der Waals surface area contributed by atoms with Crippen LogP contribution in [0.4, 0.5) is 0 Å². The van der Waals surface area contributed by atoms with E-state index in [1.54, 1.807) is 6.07 Å². The van der Waals surface area contributed by atoms with Gasteiger partial charge in [0.05, 0.1) is 11.6 Å². The Labute approximate surface area is 147 Å². The van der Waals surface area contributed by atoms with Crippen molar-refractivity contribution in [3.05, 3.63) is 53.4 Å². The lowest BCUT2D eigenvalue weighted by molar-refractivity contribution is -0.141. The van der Waals surface area contributed by atoms with Crippen LogP contribution in [0.5, 0.6) is 0 Å². The quantitative estimate of drug-likeness (QED) is 0.728.